The Morgan fingerprint density at radius 2 is 1.76 bits per heavy atom. The zero-order valence-electron chi connectivity index (χ0n) is 13.3. The molecular formula is C17H25NO3. The molecule has 1 aromatic carbocycles. The molecule has 1 aromatic rings. The first-order valence-corrected chi connectivity index (χ1v) is 7.51. The summed E-state index contributed by atoms with van der Waals surface area (Å²) < 4.78 is 5.58. The average molecular weight is 291 g/mol. The van der Waals surface area contributed by atoms with Gasteiger partial charge in [0.25, 0.3) is 5.91 Å². The van der Waals surface area contributed by atoms with Gasteiger partial charge in [0.2, 0.25) is 0 Å². The van der Waals surface area contributed by atoms with Gasteiger partial charge in [-0.1, -0.05) is 20.8 Å². The zero-order chi connectivity index (χ0) is 15.8. The molecule has 1 amide bonds. The summed E-state index contributed by atoms with van der Waals surface area (Å²) in [7, 11) is 0. The van der Waals surface area contributed by atoms with Crippen LogP contribution in [0.25, 0.3) is 0 Å². The minimum Gasteiger partial charge on any atom is -0.481 e. The van der Waals surface area contributed by atoms with Crippen molar-refractivity contribution in [1.82, 2.24) is 5.32 Å². The highest BCUT2D eigenvalue weighted by Crippen LogP contribution is 2.15. The third kappa shape index (κ3) is 5.98. The van der Waals surface area contributed by atoms with Crippen molar-refractivity contribution < 1.29 is 14.3 Å². The van der Waals surface area contributed by atoms with E-state index in [1.54, 1.807) is 31.2 Å². The summed E-state index contributed by atoms with van der Waals surface area (Å²) in [6.07, 6.45) is 0.881. The second kappa shape index (κ2) is 8.45. The second-order valence-corrected chi connectivity index (χ2v) is 5.53. The highest BCUT2D eigenvalue weighted by Gasteiger charge is 2.14. The number of carbonyl (C=O) groups is 2. The van der Waals surface area contributed by atoms with E-state index in [0.29, 0.717) is 30.2 Å². The van der Waals surface area contributed by atoms with Gasteiger partial charge < -0.3 is 10.1 Å². The van der Waals surface area contributed by atoms with Crippen LogP contribution in [0.2, 0.25) is 0 Å². The summed E-state index contributed by atoms with van der Waals surface area (Å²) in [4.78, 5) is 23.4. The smallest absolute Gasteiger partial charge is 0.260 e. The van der Waals surface area contributed by atoms with Crippen molar-refractivity contribution in [3.8, 4) is 5.75 Å². The number of ether oxygens (including phenoxy) is 1. The van der Waals surface area contributed by atoms with Crippen molar-refractivity contribution in [1.29, 1.82) is 0 Å². The van der Waals surface area contributed by atoms with Gasteiger partial charge in [0.1, 0.15) is 5.75 Å². The number of amides is 1. The molecule has 0 radical (unpaired) electrons. The maximum Gasteiger partial charge on any atom is 0.260 e. The van der Waals surface area contributed by atoms with Gasteiger partial charge >= 0.3 is 0 Å². The molecule has 1 unspecified atom stereocenters. The molecule has 0 aliphatic rings. The Bertz CT molecular complexity index is 465. The van der Waals surface area contributed by atoms with Gasteiger partial charge in [-0.05, 0) is 43.5 Å². The second-order valence-electron chi connectivity index (χ2n) is 5.53. The molecule has 21 heavy (non-hydrogen) atoms. The lowest BCUT2D eigenvalue weighted by Crippen LogP contribution is -2.37. The van der Waals surface area contributed by atoms with Gasteiger partial charge in [0.15, 0.2) is 11.9 Å². The summed E-state index contributed by atoms with van der Waals surface area (Å²) in [6, 6.07) is 6.90. The van der Waals surface area contributed by atoms with E-state index < -0.39 is 6.10 Å². The first-order chi connectivity index (χ1) is 9.93. The molecule has 1 rings (SSSR count). The van der Waals surface area contributed by atoms with Crippen molar-refractivity contribution in [2.45, 2.75) is 46.6 Å². The Kier molecular flexibility index (Phi) is 6.92. The van der Waals surface area contributed by atoms with Crippen LogP contribution < -0.4 is 10.1 Å². The summed E-state index contributed by atoms with van der Waals surface area (Å²) in [5.74, 6) is 1.13. The summed E-state index contributed by atoms with van der Waals surface area (Å²) in [5.41, 5.74) is 0.666. The molecule has 1 atom stereocenters. The largest absolute Gasteiger partial charge is 0.481 e. The fraction of sp³-hybridized carbons (Fsp3) is 0.529. The highest BCUT2D eigenvalue weighted by molar-refractivity contribution is 5.95. The molecule has 0 aliphatic carbocycles. The fourth-order valence-corrected chi connectivity index (χ4v) is 1.81. The summed E-state index contributed by atoms with van der Waals surface area (Å²) in [6.45, 7) is 8.44. The van der Waals surface area contributed by atoms with Gasteiger partial charge in [-0.2, -0.15) is 0 Å². The van der Waals surface area contributed by atoms with Crippen molar-refractivity contribution >= 4 is 11.7 Å². The van der Waals surface area contributed by atoms with E-state index in [-0.39, 0.29) is 11.7 Å². The topological polar surface area (TPSA) is 55.4 Å². The van der Waals surface area contributed by atoms with Crippen LogP contribution in [0, 0.1) is 5.92 Å². The minimum absolute atomic E-state index is 0.0982. The quantitative estimate of drug-likeness (QED) is 0.748. The van der Waals surface area contributed by atoms with Gasteiger partial charge in [0.05, 0.1) is 0 Å². The van der Waals surface area contributed by atoms with Crippen LogP contribution in [-0.2, 0) is 4.79 Å². The zero-order valence-corrected chi connectivity index (χ0v) is 13.3. The lowest BCUT2D eigenvalue weighted by molar-refractivity contribution is -0.127. The number of hydrogen-bond acceptors (Lipinski definition) is 3. The number of hydrogen-bond donors (Lipinski definition) is 1. The van der Waals surface area contributed by atoms with Crippen molar-refractivity contribution in [2.24, 2.45) is 5.92 Å². The monoisotopic (exact) mass is 291 g/mol. The Balaban J connectivity index is 2.48. The van der Waals surface area contributed by atoms with Gasteiger partial charge in [0, 0.05) is 18.5 Å². The third-order valence-electron chi connectivity index (χ3n) is 3.20. The molecule has 4 nitrogen and oxygen atoms in total. The van der Waals surface area contributed by atoms with Crippen molar-refractivity contribution in [2.75, 3.05) is 6.54 Å². The van der Waals surface area contributed by atoms with Crippen molar-refractivity contribution in [3.05, 3.63) is 29.8 Å². The molecule has 0 spiro atoms. The van der Waals surface area contributed by atoms with Crippen LogP contribution in [0.4, 0.5) is 0 Å². The Morgan fingerprint density at radius 1 is 1.14 bits per heavy atom. The SMILES string of the molecule is CCC(=O)c1ccc(OC(C)C(=O)NCCC(C)C)cc1. The van der Waals surface area contributed by atoms with Crippen LogP contribution >= 0.6 is 0 Å². The van der Waals surface area contributed by atoms with Gasteiger partial charge in [-0.25, -0.2) is 0 Å². The van der Waals surface area contributed by atoms with E-state index >= 15 is 0 Å². The van der Waals surface area contributed by atoms with Crippen LogP contribution in [0.15, 0.2) is 24.3 Å². The molecule has 4 heteroatoms. The minimum atomic E-state index is -0.551. The molecule has 0 saturated carbocycles. The van der Waals surface area contributed by atoms with E-state index in [1.807, 2.05) is 6.92 Å². The summed E-state index contributed by atoms with van der Waals surface area (Å²) >= 11 is 0. The normalized spacial score (nSPS) is 12.0. The van der Waals surface area contributed by atoms with Gasteiger partial charge in [-0.3, -0.25) is 9.59 Å². The van der Waals surface area contributed by atoms with Gasteiger partial charge in [-0.15, -0.1) is 0 Å². The lowest BCUT2D eigenvalue weighted by atomic mass is 10.1. The van der Waals surface area contributed by atoms with Crippen molar-refractivity contribution in [3.63, 3.8) is 0 Å². The molecule has 0 saturated heterocycles. The Morgan fingerprint density at radius 3 is 2.29 bits per heavy atom. The number of Topliss-reactive ketones (excluding diaryl/α,β-unsaturated/α-hetero) is 1. The van der Waals surface area contributed by atoms with Crippen LogP contribution in [-0.4, -0.2) is 24.3 Å². The number of rotatable bonds is 8. The average Bonchev–Trinajstić information content (AvgIpc) is 2.46. The number of carbonyl (C=O) groups excluding carboxylic acids is 2. The van der Waals surface area contributed by atoms with Crippen LogP contribution in [0.1, 0.15) is 50.9 Å². The number of ketones is 1. The summed E-state index contributed by atoms with van der Waals surface area (Å²) in [5, 5.41) is 2.85. The van der Waals surface area contributed by atoms with Crippen LogP contribution in [0.3, 0.4) is 0 Å². The van der Waals surface area contributed by atoms with E-state index in [4.69, 9.17) is 4.74 Å². The molecule has 116 valence electrons. The predicted octanol–water partition coefficient (Wildman–Crippen LogP) is 3.21. The van der Waals surface area contributed by atoms with Crippen LogP contribution in [0.5, 0.6) is 5.75 Å². The van der Waals surface area contributed by atoms with E-state index in [0.717, 1.165) is 6.42 Å². The standard InChI is InChI=1S/C17H25NO3/c1-5-16(19)14-6-8-15(9-7-14)21-13(4)17(20)18-11-10-12(2)3/h6-9,12-13H,5,10-11H2,1-4H3,(H,18,20). The number of benzene rings is 1. The fourth-order valence-electron chi connectivity index (χ4n) is 1.81. The first-order valence-electron chi connectivity index (χ1n) is 7.51. The lowest BCUT2D eigenvalue weighted by Gasteiger charge is -2.15. The van der Waals surface area contributed by atoms with E-state index in [2.05, 4.69) is 19.2 Å². The third-order valence-corrected chi connectivity index (χ3v) is 3.20. The molecule has 0 aromatic heterocycles. The molecule has 0 aliphatic heterocycles. The molecular weight excluding hydrogens is 266 g/mol. The molecule has 0 bridgehead atoms. The predicted molar refractivity (Wildman–Crippen MR) is 83.6 cm³/mol. The molecule has 0 heterocycles. The van der Waals surface area contributed by atoms with E-state index in [9.17, 15) is 9.59 Å². The maximum absolute atomic E-state index is 11.9. The first kappa shape index (κ1) is 17.2. The highest BCUT2D eigenvalue weighted by atomic mass is 16.5. The van der Waals surface area contributed by atoms with E-state index in [1.165, 1.54) is 0 Å². The molecule has 1 N–H and O–H groups in total. The molecule has 0 fully saturated rings. The maximum atomic E-state index is 11.9. The number of nitrogens with one attached hydrogen (secondary N) is 1. The Hall–Kier alpha value is -1.84. The Labute approximate surface area is 126 Å².